The zero-order valence-corrected chi connectivity index (χ0v) is 15.6. The number of halogens is 4. The lowest BCUT2D eigenvalue weighted by atomic mass is 10.0. The molecule has 3 rings (SSSR count). The summed E-state index contributed by atoms with van der Waals surface area (Å²) in [6.07, 6.45) is 0.295. The van der Waals surface area contributed by atoms with Crippen LogP contribution in [0.15, 0.2) is 42.5 Å². The van der Waals surface area contributed by atoms with Crippen molar-refractivity contribution in [2.24, 2.45) is 0 Å². The van der Waals surface area contributed by atoms with E-state index in [-0.39, 0.29) is 42.8 Å². The van der Waals surface area contributed by atoms with Crippen LogP contribution in [-0.4, -0.2) is 30.4 Å². The van der Waals surface area contributed by atoms with E-state index in [1.165, 1.54) is 12.1 Å². The molecule has 26 heavy (non-hydrogen) atoms. The van der Waals surface area contributed by atoms with Gasteiger partial charge >= 0.3 is 0 Å². The molecule has 0 saturated carbocycles. The number of nitrogens with zero attached hydrogens (tertiary/aromatic N) is 1. The third-order valence-corrected chi connectivity index (χ3v) is 4.81. The number of carbonyl (C=O) groups excluding carboxylic acids is 1. The molecule has 3 nitrogen and oxygen atoms in total. The Bertz CT molecular complexity index is 773. The van der Waals surface area contributed by atoms with Crippen molar-refractivity contribution in [1.29, 1.82) is 0 Å². The van der Waals surface area contributed by atoms with Gasteiger partial charge in [-0.05, 0) is 29.7 Å². The largest absolute Gasteiger partial charge is 0.333 e. The molecular formula is C19H20Cl2F2N2O. The highest BCUT2D eigenvalue weighted by atomic mass is 35.5. The molecule has 0 bridgehead atoms. The normalized spacial score (nSPS) is 16.9. The SMILES string of the molecule is Cl.O=C(CCc1cccc(F)c1F)N1CCNCC1c1ccccc1Cl. The molecule has 2 aromatic rings. The van der Waals surface area contributed by atoms with E-state index in [2.05, 4.69) is 5.32 Å². The van der Waals surface area contributed by atoms with Crippen LogP contribution in [0.4, 0.5) is 8.78 Å². The average molecular weight is 401 g/mol. The quantitative estimate of drug-likeness (QED) is 0.835. The van der Waals surface area contributed by atoms with E-state index in [4.69, 9.17) is 11.6 Å². The first-order valence-electron chi connectivity index (χ1n) is 8.25. The van der Waals surface area contributed by atoms with Gasteiger partial charge in [0.1, 0.15) is 0 Å². The number of piperazine rings is 1. The fraction of sp³-hybridized carbons (Fsp3) is 0.316. The summed E-state index contributed by atoms with van der Waals surface area (Å²) >= 11 is 6.28. The van der Waals surface area contributed by atoms with E-state index in [1.54, 1.807) is 11.0 Å². The number of carbonyl (C=O) groups is 1. The molecule has 0 spiro atoms. The van der Waals surface area contributed by atoms with Gasteiger partial charge in [-0.25, -0.2) is 8.78 Å². The first-order valence-corrected chi connectivity index (χ1v) is 8.63. The fourth-order valence-electron chi connectivity index (χ4n) is 3.15. The minimum absolute atomic E-state index is 0. The Morgan fingerprint density at radius 2 is 1.96 bits per heavy atom. The Morgan fingerprint density at radius 3 is 2.73 bits per heavy atom. The van der Waals surface area contributed by atoms with Gasteiger partial charge in [-0.15, -0.1) is 12.4 Å². The third kappa shape index (κ3) is 4.53. The number of benzene rings is 2. The second-order valence-electron chi connectivity index (χ2n) is 6.04. The van der Waals surface area contributed by atoms with Crippen LogP contribution in [0.2, 0.25) is 5.02 Å². The summed E-state index contributed by atoms with van der Waals surface area (Å²) in [6.45, 7) is 1.87. The van der Waals surface area contributed by atoms with Gasteiger partial charge in [0.15, 0.2) is 11.6 Å². The molecule has 7 heteroatoms. The molecular weight excluding hydrogens is 381 g/mol. The summed E-state index contributed by atoms with van der Waals surface area (Å²) in [6, 6.07) is 11.3. The maximum atomic E-state index is 13.8. The highest BCUT2D eigenvalue weighted by Gasteiger charge is 2.29. The number of aryl methyl sites for hydroxylation is 1. The lowest BCUT2D eigenvalue weighted by molar-refractivity contribution is -0.134. The molecule has 1 fully saturated rings. The summed E-state index contributed by atoms with van der Waals surface area (Å²) in [5, 5.41) is 3.89. The first-order chi connectivity index (χ1) is 12.1. The van der Waals surface area contributed by atoms with Crippen LogP contribution in [0.5, 0.6) is 0 Å². The molecule has 1 aliphatic heterocycles. The van der Waals surface area contributed by atoms with Crippen LogP contribution in [0, 0.1) is 11.6 Å². The number of amides is 1. The Balaban J connectivity index is 0.00000243. The van der Waals surface area contributed by atoms with Crippen molar-refractivity contribution in [2.75, 3.05) is 19.6 Å². The van der Waals surface area contributed by atoms with Crippen LogP contribution in [0.3, 0.4) is 0 Å². The molecule has 0 aromatic heterocycles. The van der Waals surface area contributed by atoms with Gasteiger partial charge in [-0.2, -0.15) is 0 Å². The summed E-state index contributed by atoms with van der Waals surface area (Å²) in [5.41, 5.74) is 1.11. The number of nitrogens with one attached hydrogen (secondary N) is 1. The van der Waals surface area contributed by atoms with Gasteiger partial charge in [-0.3, -0.25) is 4.79 Å². The van der Waals surface area contributed by atoms with Crippen LogP contribution in [-0.2, 0) is 11.2 Å². The Labute approximate surface area is 162 Å². The molecule has 1 heterocycles. The maximum Gasteiger partial charge on any atom is 0.223 e. The lowest BCUT2D eigenvalue weighted by Crippen LogP contribution is -2.48. The minimum atomic E-state index is -0.888. The predicted octanol–water partition coefficient (Wildman–Crippen LogP) is 4.15. The monoisotopic (exact) mass is 400 g/mol. The van der Waals surface area contributed by atoms with Crippen molar-refractivity contribution in [3.8, 4) is 0 Å². The van der Waals surface area contributed by atoms with Crippen LogP contribution in [0.25, 0.3) is 0 Å². The molecule has 1 atom stereocenters. The highest BCUT2D eigenvalue weighted by Crippen LogP contribution is 2.29. The van der Waals surface area contributed by atoms with Crippen molar-refractivity contribution < 1.29 is 13.6 Å². The van der Waals surface area contributed by atoms with Gasteiger partial charge in [0.25, 0.3) is 0 Å². The summed E-state index contributed by atoms with van der Waals surface area (Å²) < 4.78 is 27.1. The third-order valence-electron chi connectivity index (χ3n) is 4.47. The van der Waals surface area contributed by atoms with Gasteiger partial charge in [0.05, 0.1) is 6.04 Å². The topological polar surface area (TPSA) is 32.3 Å². The van der Waals surface area contributed by atoms with Crippen LogP contribution in [0.1, 0.15) is 23.6 Å². The molecule has 1 amide bonds. The molecule has 1 N–H and O–H groups in total. The van der Waals surface area contributed by atoms with Crippen LogP contribution >= 0.6 is 24.0 Å². The molecule has 140 valence electrons. The smallest absolute Gasteiger partial charge is 0.223 e. The van der Waals surface area contributed by atoms with E-state index < -0.39 is 11.6 Å². The van der Waals surface area contributed by atoms with E-state index >= 15 is 0 Å². The van der Waals surface area contributed by atoms with Crippen molar-refractivity contribution in [3.05, 3.63) is 70.2 Å². The summed E-state index contributed by atoms with van der Waals surface area (Å²) in [5.74, 6) is -1.85. The Morgan fingerprint density at radius 1 is 1.19 bits per heavy atom. The second-order valence-corrected chi connectivity index (χ2v) is 6.45. The second kappa shape index (κ2) is 9.31. The Kier molecular flexibility index (Phi) is 7.38. The van der Waals surface area contributed by atoms with Gasteiger partial charge in [0.2, 0.25) is 5.91 Å². The standard InChI is InChI=1S/C19H19ClF2N2O.ClH/c20-15-6-2-1-5-14(15)17-12-23-10-11-24(17)18(25)9-8-13-4-3-7-16(21)19(13)22;/h1-7,17,23H,8-12H2;1H. The molecule has 0 aliphatic carbocycles. The van der Waals surface area contributed by atoms with Crippen molar-refractivity contribution in [3.63, 3.8) is 0 Å². The van der Waals surface area contributed by atoms with Crippen molar-refractivity contribution in [2.45, 2.75) is 18.9 Å². The molecule has 2 aromatic carbocycles. The van der Waals surface area contributed by atoms with Gasteiger partial charge in [-0.1, -0.05) is 41.9 Å². The predicted molar refractivity (Wildman–Crippen MR) is 101 cm³/mol. The zero-order valence-electron chi connectivity index (χ0n) is 14.1. The molecule has 1 unspecified atom stereocenters. The van der Waals surface area contributed by atoms with Crippen molar-refractivity contribution in [1.82, 2.24) is 10.2 Å². The van der Waals surface area contributed by atoms with E-state index in [0.29, 0.717) is 24.7 Å². The minimum Gasteiger partial charge on any atom is -0.333 e. The van der Waals surface area contributed by atoms with Gasteiger partial charge < -0.3 is 10.2 Å². The van der Waals surface area contributed by atoms with E-state index in [1.807, 2.05) is 18.2 Å². The Hall–Kier alpha value is -1.69. The number of hydrogen-bond acceptors (Lipinski definition) is 2. The first kappa shape index (κ1) is 20.6. The van der Waals surface area contributed by atoms with E-state index in [9.17, 15) is 13.6 Å². The summed E-state index contributed by atoms with van der Waals surface area (Å²) in [7, 11) is 0. The number of hydrogen-bond donors (Lipinski definition) is 1. The fourth-order valence-corrected chi connectivity index (χ4v) is 3.41. The van der Waals surface area contributed by atoms with Crippen molar-refractivity contribution >= 4 is 29.9 Å². The van der Waals surface area contributed by atoms with Crippen LogP contribution < -0.4 is 5.32 Å². The maximum absolute atomic E-state index is 13.8. The zero-order chi connectivity index (χ0) is 17.8. The molecule has 0 radical (unpaired) electrons. The van der Waals surface area contributed by atoms with Gasteiger partial charge in [0, 0.05) is 31.1 Å². The van der Waals surface area contributed by atoms with E-state index in [0.717, 1.165) is 11.6 Å². The lowest BCUT2D eigenvalue weighted by Gasteiger charge is -2.37. The number of rotatable bonds is 4. The highest BCUT2D eigenvalue weighted by molar-refractivity contribution is 6.31. The summed E-state index contributed by atoms with van der Waals surface area (Å²) in [4.78, 5) is 14.5. The average Bonchev–Trinajstić information content (AvgIpc) is 2.63. The molecule has 1 aliphatic rings. The molecule has 1 saturated heterocycles.